The largest absolute Gasteiger partial charge is 0.345 e. The van der Waals surface area contributed by atoms with Crippen LogP contribution >= 0.6 is 0 Å². The molecule has 2 rings (SSSR count). The lowest BCUT2D eigenvalue weighted by Gasteiger charge is -2.37. The number of hydrogen-bond acceptors (Lipinski definition) is 3. The van der Waals surface area contributed by atoms with Gasteiger partial charge in [0.25, 0.3) is 5.91 Å². The molecule has 5 heteroatoms. The van der Waals surface area contributed by atoms with Crippen LogP contribution in [0.4, 0.5) is 0 Å². The Balaban J connectivity index is 2.01. The van der Waals surface area contributed by atoms with E-state index in [0.717, 1.165) is 18.4 Å². The Morgan fingerprint density at radius 2 is 1.69 bits per heavy atom. The van der Waals surface area contributed by atoms with Gasteiger partial charge in [-0.25, -0.2) is 0 Å². The van der Waals surface area contributed by atoms with Crippen molar-refractivity contribution in [2.45, 2.75) is 52.0 Å². The predicted molar refractivity (Wildman–Crippen MR) is 105 cm³/mol. The summed E-state index contributed by atoms with van der Waals surface area (Å²) in [4.78, 5) is 28.3. The average molecular weight is 360 g/mol. The van der Waals surface area contributed by atoms with E-state index in [1.165, 1.54) is 19.3 Å². The maximum Gasteiger partial charge on any atom is 0.253 e. The highest BCUT2D eigenvalue weighted by molar-refractivity contribution is 5.93. The molecule has 0 heterocycles. The van der Waals surface area contributed by atoms with Crippen molar-refractivity contribution in [1.82, 2.24) is 9.80 Å². The molecule has 26 heavy (non-hydrogen) atoms. The zero-order chi connectivity index (χ0) is 19.2. The van der Waals surface area contributed by atoms with Crippen LogP contribution in [0, 0.1) is 5.41 Å². The first-order valence-corrected chi connectivity index (χ1v) is 9.69. The van der Waals surface area contributed by atoms with E-state index >= 15 is 0 Å². The summed E-state index contributed by atoms with van der Waals surface area (Å²) in [5, 5.41) is 0. The number of carbonyl (C=O) groups excluding carboxylic acids is 2. The molecule has 0 saturated heterocycles. The standard InChI is InChI=1S/C21H33N3O2/c1-4-24(19(25)14-21(16-22)12-6-5-7-13-21)15-17-8-10-18(11-9-17)20(26)23(2)3/h8-11H,4-7,12-16,22H2,1-3H3. The average Bonchev–Trinajstić information content (AvgIpc) is 2.66. The van der Waals surface area contributed by atoms with Gasteiger partial charge in [-0.05, 0) is 49.4 Å². The van der Waals surface area contributed by atoms with E-state index in [2.05, 4.69) is 0 Å². The second-order valence-corrected chi connectivity index (χ2v) is 7.75. The summed E-state index contributed by atoms with van der Waals surface area (Å²) in [5.74, 6) is 0.176. The SMILES string of the molecule is CCN(Cc1ccc(C(=O)N(C)C)cc1)C(=O)CC1(CN)CCCCC1. The fourth-order valence-electron chi connectivity index (χ4n) is 3.80. The Hall–Kier alpha value is -1.88. The number of carbonyl (C=O) groups is 2. The van der Waals surface area contributed by atoms with Crippen molar-refractivity contribution in [3.63, 3.8) is 0 Å². The van der Waals surface area contributed by atoms with E-state index < -0.39 is 0 Å². The summed E-state index contributed by atoms with van der Waals surface area (Å²) >= 11 is 0. The molecular weight excluding hydrogens is 326 g/mol. The third-order valence-corrected chi connectivity index (χ3v) is 5.59. The van der Waals surface area contributed by atoms with E-state index in [0.29, 0.717) is 31.6 Å². The normalized spacial score (nSPS) is 16.2. The molecule has 0 aliphatic heterocycles. The van der Waals surface area contributed by atoms with Crippen LogP contribution in [0.25, 0.3) is 0 Å². The number of benzene rings is 1. The third kappa shape index (κ3) is 5.07. The van der Waals surface area contributed by atoms with Crippen molar-refractivity contribution in [3.8, 4) is 0 Å². The van der Waals surface area contributed by atoms with E-state index in [1.54, 1.807) is 19.0 Å². The van der Waals surface area contributed by atoms with Gasteiger partial charge in [0.2, 0.25) is 5.91 Å². The molecular formula is C21H33N3O2. The number of nitrogens with two attached hydrogens (primary N) is 1. The van der Waals surface area contributed by atoms with Gasteiger partial charge >= 0.3 is 0 Å². The molecule has 144 valence electrons. The fraction of sp³-hybridized carbons (Fsp3) is 0.619. The van der Waals surface area contributed by atoms with E-state index in [1.807, 2.05) is 36.1 Å². The molecule has 2 N–H and O–H groups in total. The van der Waals surface area contributed by atoms with Crippen molar-refractivity contribution in [2.24, 2.45) is 11.1 Å². The first-order chi connectivity index (χ1) is 12.4. The molecule has 2 amide bonds. The minimum absolute atomic E-state index is 0.00919. The van der Waals surface area contributed by atoms with Gasteiger partial charge in [0.15, 0.2) is 0 Å². The van der Waals surface area contributed by atoms with Crippen LogP contribution in [0.3, 0.4) is 0 Å². The highest BCUT2D eigenvalue weighted by Gasteiger charge is 2.34. The smallest absolute Gasteiger partial charge is 0.253 e. The Kier molecular flexibility index (Phi) is 7.21. The van der Waals surface area contributed by atoms with Gasteiger partial charge in [0.1, 0.15) is 0 Å². The van der Waals surface area contributed by atoms with Crippen LogP contribution in [0.15, 0.2) is 24.3 Å². The van der Waals surface area contributed by atoms with Crippen LogP contribution in [-0.2, 0) is 11.3 Å². The molecule has 0 spiro atoms. The molecule has 1 aliphatic rings. The summed E-state index contributed by atoms with van der Waals surface area (Å²) in [6.07, 6.45) is 6.29. The molecule has 1 aromatic rings. The second-order valence-electron chi connectivity index (χ2n) is 7.75. The zero-order valence-corrected chi connectivity index (χ0v) is 16.5. The van der Waals surface area contributed by atoms with E-state index in [9.17, 15) is 9.59 Å². The van der Waals surface area contributed by atoms with Crippen LogP contribution in [0.5, 0.6) is 0 Å². The van der Waals surface area contributed by atoms with Crippen LogP contribution in [0.1, 0.15) is 61.4 Å². The van der Waals surface area contributed by atoms with Crippen LogP contribution in [0.2, 0.25) is 0 Å². The summed E-state index contributed by atoms with van der Waals surface area (Å²) in [7, 11) is 3.48. The fourth-order valence-corrected chi connectivity index (χ4v) is 3.80. The summed E-state index contributed by atoms with van der Waals surface area (Å²) in [6.45, 7) is 3.86. The first kappa shape index (κ1) is 20.4. The molecule has 1 aromatic carbocycles. The Morgan fingerprint density at radius 1 is 1.08 bits per heavy atom. The highest BCUT2D eigenvalue weighted by atomic mass is 16.2. The Bertz CT molecular complexity index is 604. The zero-order valence-electron chi connectivity index (χ0n) is 16.5. The Labute approximate surface area is 157 Å². The minimum Gasteiger partial charge on any atom is -0.345 e. The monoisotopic (exact) mass is 359 g/mol. The van der Waals surface area contributed by atoms with E-state index in [4.69, 9.17) is 5.73 Å². The summed E-state index contributed by atoms with van der Waals surface area (Å²) in [6, 6.07) is 7.54. The lowest BCUT2D eigenvalue weighted by Crippen LogP contribution is -2.40. The molecule has 0 aromatic heterocycles. The van der Waals surface area contributed by atoms with Gasteiger partial charge in [0.05, 0.1) is 0 Å². The molecule has 0 atom stereocenters. The van der Waals surface area contributed by atoms with Gasteiger partial charge in [-0.3, -0.25) is 9.59 Å². The predicted octanol–water partition coefficient (Wildman–Crippen LogP) is 3.04. The van der Waals surface area contributed by atoms with Crippen molar-refractivity contribution >= 4 is 11.8 Å². The first-order valence-electron chi connectivity index (χ1n) is 9.69. The van der Waals surface area contributed by atoms with Crippen molar-refractivity contribution in [3.05, 3.63) is 35.4 Å². The summed E-state index contributed by atoms with van der Waals surface area (Å²) < 4.78 is 0. The number of amides is 2. The molecule has 0 radical (unpaired) electrons. The van der Waals surface area contributed by atoms with Crippen LogP contribution in [-0.4, -0.2) is 48.8 Å². The van der Waals surface area contributed by atoms with Crippen molar-refractivity contribution in [1.29, 1.82) is 0 Å². The third-order valence-electron chi connectivity index (χ3n) is 5.59. The second kappa shape index (κ2) is 9.17. The molecule has 0 unspecified atom stereocenters. The van der Waals surface area contributed by atoms with Crippen molar-refractivity contribution < 1.29 is 9.59 Å². The highest BCUT2D eigenvalue weighted by Crippen LogP contribution is 2.38. The molecule has 5 nitrogen and oxygen atoms in total. The minimum atomic E-state index is -0.0119. The van der Waals surface area contributed by atoms with Gasteiger partial charge in [-0.15, -0.1) is 0 Å². The summed E-state index contributed by atoms with van der Waals surface area (Å²) in [5.41, 5.74) is 7.74. The van der Waals surface area contributed by atoms with Gasteiger partial charge in [-0.1, -0.05) is 31.4 Å². The quantitative estimate of drug-likeness (QED) is 0.814. The lowest BCUT2D eigenvalue weighted by atomic mass is 9.71. The van der Waals surface area contributed by atoms with Gasteiger partial charge in [-0.2, -0.15) is 0 Å². The van der Waals surface area contributed by atoms with E-state index in [-0.39, 0.29) is 17.2 Å². The van der Waals surface area contributed by atoms with Gasteiger partial charge in [0, 0.05) is 39.2 Å². The van der Waals surface area contributed by atoms with Crippen molar-refractivity contribution in [2.75, 3.05) is 27.2 Å². The maximum absolute atomic E-state index is 12.9. The molecule has 1 aliphatic carbocycles. The van der Waals surface area contributed by atoms with Gasteiger partial charge < -0.3 is 15.5 Å². The number of hydrogen-bond donors (Lipinski definition) is 1. The topological polar surface area (TPSA) is 66.6 Å². The maximum atomic E-state index is 12.9. The van der Waals surface area contributed by atoms with Crippen LogP contribution < -0.4 is 5.73 Å². The Morgan fingerprint density at radius 3 is 2.19 bits per heavy atom. The molecule has 1 saturated carbocycles. The molecule has 0 bridgehead atoms. The number of nitrogens with zero attached hydrogens (tertiary/aromatic N) is 2. The molecule has 1 fully saturated rings. The lowest BCUT2D eigenvalue weighted by molar-refractivity contribution is -0.134. The number of rotatable bonds is 7.